The average molecular weight is 265 g/mol. The van der Waals surface area contributed by atoms with E-state index < -0.39 is 0 Å². The third-order valence-electron chi connectivity index (χ3n) is 4.04. The van der Waals surface area contributed by atoms with Gasteiger partial charge in [0.1, 0.15) is 0 Å². The molecule has 0 radical (unpaired) electrons. The van der Waals surface area contributed by atoms with Gasteiger partial charge in [0.15, 0.2) is 5.82 Å². The van der Waals surface area contributed by atoms with E-state index >= 15 is 0 Å². The van der Waals surface area contributed by atoms with Gasteiger partial charge in [-0.25, -0.2) is 9.69 Å². The van der Waals surface area contributed by atoms with Crippen molar-refractivity contribution in [2.24, 2.45) is 0 Å². The van der Waals surface area contributed by atoms with Gasteiger partial charge in [-0.1, -0.05) is 13.3 Å². The van der Waals surface area contributed by atoms with Crippen LogP contribution >= 0.6 is 0 Å². The van der Waals surface area contributed by atoms with Crippen molar-refractivity contribution in [2.45, 2.75) is 72.0 Å². The van der Waals surface area contributed by atoms with Gasteiger partial charge in [0, 0.05) is 18.6 Å². The summed E-state index contributed by atoms with van der Waals surface area (Å²) < 4.78 is 2.00. The Morgan fingerprint density at radius 2 is 1.95 bits per heavy atom. The Bertz CT molecular complexity index is 416. The highest BCUT2D eigenvalue weighted by atomic mass is 15.6. The molecule has 1 aliphatic heterocycles. The fraction of sp³-hybridized carbons (Fsp3) is 0.786. The summed E-state index contributed by atoms with van der Waals surface area (Å²) in [4.78, 5) is 0. The van der Waals surface area contributed by atoms with Crippen LogP contribution in [0, 0.1) is 6.92 Å². The number of nitrogens with two attached hydrogens (primary N) is 1. The Hall–Kier alpha value is -1.23. The summed E-state index contributed by atoms with van der Waals surface area (Å²) >= 11 is 0. The van der Waals surface area contributed by atoms with Crippen LogP contribution in [0.25, 0.3) is 0 Å². The number of nitrogen functional groups attached to an aromatic ring is 1. The van der Waals surface area contributed by atoms with Crippen molar-refractivity contribution in [3.05, 3.63) is 5.69 Å². The number of nitrogens with one attached hydrogen (secondary N) is 1. The van der Waals surface area contributed by atoms with Gasteiger partial charge >= 0.3 is 0 Å². The van der Waals surface area contributed by atoms with Gasteiger partial charge < -0.3 is 11.2 Å². The molecule has 108 valence electrons. The predicted octanol–water partition coefficient (Wildman–Crippen LogP) is 2.77. The third kappa shape index (κ3) is 2.86. The number of aromatic nitrogens is 2. The Morgan fingerprint density at radius 3 is 2.53 bits per heavy atom. The molecule has 2 atom stereocenters. The van der Waals surface area contributed by atoms with Gasteiger partial charge in [0.25, 0.3) is 0 Å². The first kappa shape index (κ1) is 14.2. The van der Waals surface area contributed by atoms with E-state index in [-0.39, 0.29) is 0 Å². The van der Waals surface area contributed by atoms with E-state index in [0.717, 1.165) is 30.2 Å². The second-order valence-corrected chi connectivity index (χ2v) is 5.72. The number of anilines is 2. The van der Waals surface area contributed by atoms with E-state index in [4.69, 9.17) is 5.73 Å². The molecule has 1 saturated heterocycles. The molecule has 5 nitrogen and oxygen atoms in total. The number of hydrogen-bond acceptors (Lipinski definition) is 4. The Morgan fingerprint density at radius 1 is 1.32 bits per heavy atom. The van der Waals surface area contributed by atoms with Crippen molar-refractivity contribution in [3.8, 4) is 0 Å². The first-order valence-corrected chi connectivity index (χ1v) is 7.42. The van der Waals surface area contributed by atoms with Gasteiger partial charge in [0.2, 0.25) is 0 Å². The summed E-state index contributed by atoms with van der Waals surface area (Å²) in [7, 11) is 0. The average Bonchev–Trinajstić information content (AvgIpc) is 2.62. The highest BCUT2D eigenvalue weighted by Gasteiger charge is 2.26. The molecule has 0 aliphatic carbocycles. The molecule has 2 heterocycles. The molecule has 1 fully saturated rings. The Balaban J connectivity index is 2.21. The SMILES string of the molecule is CCCn1nc(C)c(N)c1NN1C(C)CCCC1C. The molecular formula is C14H27N5. The fourth-order valence-corrected chi connectivity index (χ4v) is 2.85. The molecule has 1 aliphatic rings. The minimum atomic E-state index is 0.536. The van der Waals surface area contributed by atoms with Crippen molar-refractivity contribution in [1.29, 1.82) is 0 Å². The van der Waals surface area contributed by atoms with Gasteiger partial charge in [-0.15, -0.1) is 0 Å². The maximum Gasteiger partial charge on any atom is 0.162 e. The van der Waals surface area contributed by atoms with Crippen LogP contribution in [0.5, 0.6) is 0 Å². The predicted molar refractivity (Wildman–Crippen MR) is 79.9 cm³/mol. The summed E-state index contributed by atoms with van der Waals surface area (Å²) in [5, 5.41) is 6.85. The Kier molecular flexibility index (Phi) is 4.34. The number of piperidine rings is 1. The molecule has 1 aromatic heterocycles. The van der Waals surface area contributed by atoms with Crippen LogP contribution in [0.1, 0.15) is 52.1 Å². The molecule has 0 bridgehead atoms. The van der Waals surface area contributed by atoms with Crippen molar-refractivity contribution in [3.63, 3.8) is 0 Å². The first-order chi connectivity index (χ1) is 9.04. The van der Waals surface area contributed by atoms with E-state index in [1.54, 1.807) is 0 Å². The second-order valence-electron chi connectivity index (χ2n) is 5.72. The topological polar surface area (TPSA) is 59.1 Å². The number of hydrazine groups is 1. The van der Waals surface area contributed by atoms with Crippen molar-refractivity contribution in [1.82, 2.24) is 14.8 Å². The highest BCUT2D eigenvalue weighted by molar-refractivity contribution is 5.64. The highest BCUT2D eigenvalue weighted by Crippen LogP contribution is 2.28. The zero-order valence-electron chi connectivity index (χ0n) is 12.6. The molecule has 1 aromatic rings. The minimum Gasteiger partial charge on any atom is -0.394 e. The number of hydrogen-bond donors (Lipinski definition) is 2. The zero-order valence-corrected chi connectivity index (χ0v) is 12.6. The molecule has 2 unspecified atom stereocenters. The lowest BCUT2D eigenvalue weighted by Crippen LogP contribution is -2.47. The minimum absolute atomic E-state index is 0.536. The van der Waals surface area contributed by atoms with Gasteiger partial charge in [-0.05, 0) is 40.0 Å². The molecule has 0 spiro atoms. The summed E-state index contributed by atoms with van der Waals surface area (Å²) in [5.74, 6) is 0.958. The van der Waals surface area contributed by atoms with Crippen LogP contribution in [0.3, 0.4) is 0 Å². The third-order valence-corrected chi connectivity index (χ3v) is 4.04. The van der Waals surface area contributed by atoms with Gasteiger partial charge in [-0.2, -0.15) is 5.10 Å². The van der Waals surface area contributed by atoms with Gasteiger partial charge in [0.05, 0.1) is 11.4 Å². The van der Waals surface area contributed by atoms with E-state index in [2.05, 4.69) is 36.3 Å². The maximum atomic E-state index is 6.17. The first-order valence-electron chi connectivity index (χ1n) is 7.42. The molecule has 5 heteroatoms. The molecule has 0 amide bonds. The number of aryl methyl sites for hydroxylation is 2. The lowest BCUT2D eigenvalue weighted by molar-refractivity contribution is 0.134. The molecule has 0 aromatic carbocycles. The van der Waals surface area contributed by atoms with E-state index in [1.165, 1.54) is 19.3 Å². The van der Waals surface area contributed by atoms with Crippen LogP contribution in [-0.2, 0) is 6.54 Å². The maximum absolute atomic E-state index is 6.17. The Labute approximate surface area is 116 Å². The number of rotatable bonds is 4. The molecule has 2 rings (SSSR count). The standard InChI is InChI=1S/C14H27N5/c1-5-9-18-14(13(15)12(4)16-18)17-19-10(2)7-6-8-11(19)3/h10-11,17H,5-9,15H2,1-4H3. The fourth-order valence-electron chi connectivity index (χ4n) is 2.85. The van der Waals surface area contributed by atoms with Crippen LogP contribution in [0.4, 0.5) is 11.5 Å². The smallest absolute Gasteiger partial charge is 0.162 e. The van der Waals surface area contributed by atoms with Crippen LogP contribution < -0.4 is 11.2 Å². The lowest BCUT2D eigenvalue weighted by Gasteiger charge is -2.39. The second kappa shape index (κ2) is 5.82. The molecule has 0 saturated carbocycles. The monoisotopic (exact) mass is 265 g/mol. The number of nitrogens with zero attached hydrogens (tertiary/aromatic N) is 3. The van der Waals surface area contributed by atoms with Crippen molar-refractivity contribution < 1.29 is 0 Å². The molecule has 19 heavy (non-hydrogen) atoms. The lowest BCUT2D eigenvalue weighted by atomic mass is 10.00. The van der Waals surface area contributed by atoms with Crippen molar-refractivity contribution >= 4 is 11.5 Å². The zero-order chi connectivity index (χ0) is 14.0. The summed E-state index contributed by atoms with van der Waals surface area (Å²) in [6.07, 6.45) is 4.83. The van der Waals surface area contributed by atoms with Crippen LogP contribution in [0.2, 0.25) is 0 Å². The van der Waals surface area contributed by atoms with Gasteiger partial charge in [-0.3, -0.25) is 0 Å². The summed E-state index contributed by atoms with van der Waals surface area (Å²) in [5.41, 5.74) is 11.4. The normalized spacial score (nSPS) is 24.6. The molecular weight excluding hydrogens is 238 g/mol. The van der Waals surface area contributed by atoms with E-state index in [1.807, 2.05) is 11.6 Å². The summed E-state index contributed by atoms with van der Waals surface area (Å²) in [6, 6.07) is 1.07. The molecule has 3 N–H and O–H groups in total. The van der Waals surface area contributed by atoms with Crippen molar-refractivity contribution in [2.75, 3.05) is 11.2 Å². The van der Waals surface area contributed by atoms with E-state index in [0.29, 0.717) is 12.1 Å². The summed E-state index contributed by atoms with van der Waals surface area (Å²) in [6.45, 7) is 9.56. The quantitative estimate of drug-likeness (QED) is 0.879. The van der Waals surface area contributed by atoms with E-state index in [9.17, 15) is 0 Å². The van der Waals surface area contributed by atoms with Crippen LogP contribution in [0.15, 0.2) is 0 Å². The largest absolute Gasteiger partial charge is 0.394 e. The van der Waals surface area contributed by atoms with Crippen LogP contribution in [-0.4, -0.2) is 26.9 Å².